The Morgan fingerprint density at radius 3 is 2.88 bits per heavy atom. The molecule has 1 unspecified atom stereocenters. The first-order chi connectivity index (χ1) is 7.90. The van der Waals surface area contributed by atoms with Crippen molar-refractivity contribution >= 4 is 0 Å². The summed E-state index contributed by atoms with van der Waals surface area (Å²) in [7, 11) is 0. The van der Waals surface area contributed by atoms with Gasteiger partial charge in [-0.15, -0.1) is 0 Å². The molecule has 84 valence electrons. The Morgan fingerprint density at radius 2 is 2.12 bits per heavy atom. The molecule has 0 radical (unpaired) electrons. The second kappa shape index (κ2) is 5.55. The maximum absolute atomic E-state index is 5.88. The van der Waals surface area contributed by atoms with Gasteiger partial charge in [-0.25, -0.2) is 0 Å². The molecule has 1 atom stereocenters. The van der Waals surface area contributed by atoms with Crippen LogP contribution in [0.2, 0.25) is 0 Å². The molecule has 1 aliphatic rings. The summed E-state index contributed by atoms with van der Waals surface area (Å²) in [5, 5.41) is 0. The molecular formula is C15H18O. The van der Waals surface area contributed by atoms with Gasteiger partial charge in [0.2, 0.25) is 0 Å². The molecule has 0 aromatic heterocycles. The maximum Gasteiger partial charge on any atom is 0.122 e. The van der Waals surface area contributed by atoms with Crippen LogP contribution in [0.4, 0.5) is 0 Å². The topological polar surface area (TPSA) is 9.23 Å². The molecule has 0 N–H and O–H groups in total. The zero-order valence-corrected chi connectivity index (χ0v) is 9.73. The lowest BCUT2D eigenvalue weighted by molar-refractivity contribution is 0.273. The van der Waals surface area contributed by atoms with E-state index in [9.17, 15) is 0 Å². The van der Waals surface area contributed by atoms with E-state index >= 15 is 0 Å². The summed E-state index contributed by atoms with van der Waals surface area (Å²) < 4.78 is 5.88. The number of para-hydroxylation sites is 1. The number of hydrogen-bond donors (Lipinski definition) is 0. The van der Waals surface area contributed by atoms with Gasteiger partial charge in [0, 0.05) is 5.92 Å². The molecule has 1 heteroatoms. The van der Waals surface area contributed by atoms with Gasteiger partial charge in [-0.3, -0.25) is 0 Å². The number of hydrogen-bond acceptors (Lipinski definition) is 1. The highest BCUT2D eigenvalue weighted by Crippen LogP contribution is 2.20. The third-order valence-corrected chi connectivity index (χ3v) is 2.88. The van der Waals surface area contributed by atoms with Gasteiger partial charge in [0.1, 0.15) is 5.75 Å². The fraction of sp³-hybridized carbons (Fsp3) is 0.333. The van der Waals surface area contributed by atoms with E-state index in [1.165, 1.54) is 5.56 Å². The van der Waals surface area contributed by atoms with Crippen LogP contribution in [-0.2, 0) is 6.42 Å². The average molecular weight is 214 g/mol. The summed E-state index contributed by atoms with van der Waals surface area (Å²) in [6, 6.07) is 8.28. The lowest BCUT2D eigenvalue weighted by atomic mass is 10.0. The van der Waals surface area contributed by atoms with Crippen molar-refractivity contribution in [3.05, 3.63) is 54.1 Å². The first kappa shape index (κ1) is 11.0. The summed E-state index contributed by atoms with van der Waals surface area (Å²) in [6.45, 7) is 2.93. The quantitative estimate of drug-likeness (QED) is 0.741. The maximum atomic E-state index is 5.88. The molecule has 0 saturated carbocycles. The van der Waals surface area contributed by atoms with E-state index in [1.807, 2.05) is 6.07 Å². The van der Waals surface area contributed by atoms with Gasteiger partial charge >= 0.3 is 0 Å². The van der Waals surface area contributed by atoms with Crippen molar-refractivity contribution in [2.45, 2.75) is 19.8 Å². The van der Waals surface area contributed by atoms with Crippen LogP contribution in [0.1, 0.15) is 18.9 Å². The first-order valence-electron chi connectivity index (χ1n) is 5.94. The Kier molecular flexibility index (Phi) is 3.81. The number of ether oxygens (including phenoxy) is 1. The fourth-order valence-corrected chi connectivity index (χ4v) is 1.89. The number of benzene rings is 1. The molecule has 0 aliphatic heterocycles. The molecule has 1 aromatic rings. The molecule has 1 aromatic carbocycles. The number of rotatable bonds is 4. The van der Waals surface area contributed by atoms with Gasteiger partial charge in [-0.05, 0) is 24.5 Å². The van der Waals surface area contributed by atoms with Crippen LogP contribution < -0.4 is 4.74 Å². The van der Waals surface area contributed by atoms with Crippen molar-refractivity contribution in [3.8, 4) is 5.75 Å². The average Bonchev–Trinajstić information content (AvgIpc) is 2.38. The van der Waals surface area contributed by atoms with Crippen LogP contribution >= 0.6 is 0 Å². The predicted octanol–water partition coefficient (Wildman–Crippen LogP) is 3.76. The number of allylic oxidation sites excluding steroid dienone is 3. The minimum atomic E-state index is 0.523. The SMILES string of the molecule is CCc1ccccc1OCC1C=CC=CC1. The Bertz CT molecular complexity index is 390. The molecule has 0 bridgehead atoms. The van der Waals surface area contributed by atoms with Gasteiger partial charge in [0.15, 0.2) is 0 Å². The largest absolute Gasteiger partial charge is 0.493 e. The third-order valence-electron chi connectivity index (χ3n) is 2.88. The smallest absolute Gasteiger partial charge is 0.122 e. The van der Waals surface area contributed by atoms with Gasteiger partial charge < -0.3 is 4.74 Å². The molecule has 1 nitrogen and oxygen atoms in total. The van der Waals surface area contributed by atoms with Crippen molar-refractivity contribution in [2.24, 2.45) is 5.92 Å². The van der Waals surface area contributed by atoms with E-state index in [2.05, 4.69) is 49.4 Å². The van der Waals surface area contributed by atoms with Gasteiger partial charge in [0.25, 0.3) is 0 Å². The van der Waals surface area contributed by atoms with Crippen molar-refractivity contribution in [1.82, 2.24) is 0 Å². The highest BCUT2D eigenvalue weighted by atomic mass is 16.5. The summed E-state index contributed by atoms with van der Waals surface area (Å²) in [5.41, 5.74) is 1.29. The minimum Gasteiger partial charge on any atom is -0.493 e. The minimum absolute atomic E-state index is 0.523. The molecule has 0 heterocycles. The van der Waals surface area contributed by atoms with Gasteiger partial charge in [-0.2, -0.15) is 0 Å². The normalized spacial score (nSPS) is 18.7. The lowest BCUT2D eigenvalue weighted by Crippen LogP contribution is -2.11. The zero-order valence-electron chi connectivity index (χ0n) is 9.73. The Morgan fingerprint density at radius 1 is 1.25 bits per heavy atom. The highest BCUT2D eigenvalue weighted by molar-refractivity contribution is 5.33. The summed E-state index contributed by atoms with van der Waals surface area (Å²) >= 11 is 0. The molecule has 2 rings (SSSR count). The van der Waals surface area contributed by atoms with Gasteiger partial charge in [-0.1, -0.05) is 49.4 Å². The molecular weight excluding hydrogens is 196 g/mol. The van der Waals surface area contributed by atoms with Crippen LogP contribution in [0.25, 0.3) is 0 Å². The summed E-state index contributed by atoms with van der Waals surface area (Å²) in [5.74, 6) is 1.56. The van der Waals surface area contributed by atoms with Crippen LogP contribution in [-0.4, -0.2) is 6.61 Å². The summed E-state index contributed by atoms with van der Waals surface area (Å²) in [4.78, 5) is 0. The van der Waals surface area contributed by atoms with Crippen molar-refractivity contribution in [2.75, 3.05) is 6.61 Å². The van der Waals surface area contributed by atoms with E-state index in [0.29, 0.717) is 5.92 Å². The second-order valence-corrected chi connectivity index (χ2v) is 4.08. The molecule has 0 saturated heterocycles. The fourth-order valence-electron chi connectivity index (χ4n) is 1.89. The number of aryl methyl sites for hydroxylation is 1. The molecule has 0 amide bonds. The first-order valence-corrected chi connectivity index (χ1v) is 5.94. The van der Waals surface area contributed by atoms with E-state index in [4.69, 9.17) is 4.74 Å². The van der Waals surface area contributed by atoms with Crippen LogP contribution in [0, 0.1) is 5.92 Å². The van der Waals surface area contributed by atoms with E-state index in [0.717, 1.165) is 25.2 Å². The van der Waals surface area contributed by atoms with Crippen LogP contribution in [0.3, 0.4) is 0 Å². The molecule has 0 fully saturated rings. The van der Waals surface area contributed by atoms with E-state index in [1.54, 1.807) is 0 Å². The third kappa shape index (κ3) is 2.75. The Hall–Kier alpha value is -1.50. The van der Waals surface area contributed by atoms with Crippen molar-refractivity contribution in [3.63, 3.8) is 0 Å². The molecule has 0 spiro atoms. The second-order valence-electron chi connectivity index (χ2n) is 4.08. The van der Waals surface area contributed by atoms with E-state index < -0.39 is 0 Å². The van der Waals surface area contributed by atoms with E-state index in [-0.39, 0.29) is 0 Å². The van der Waals surface area contributed by atoms with Crippen molar-refractivity contribution < 1.29 is 4.74 Å². The van der Waals surface area contributed by atoms with Gasteiger partial charge in [0.05, 0.1) is 6.61 Å². The zero-order chi connectivity index (χ0) is 11.2. The van der Waals surface area contributed by atoms with Crippen molar-refractivity contribution in [1.29, 1.82) is 0 Å². The van der Waals surface area contributed by atoms with Crippen LogP contribution in [0.15, 0.2) is 48.6 Å². The molecule has 1 aliphatic carbocycles. The Labute approximate surface area is 97.4 Å². The Balaban J connectivity index is 1.94. The van der Waals surface area contributed by atoms with Crippen LogP contribution in [0.5, 0.6) is 5.75 Å². The highest BCUT2D eigenvalue weighted by Gasteiger charge is 2.07. The monoisotopic (exact) mass is 214 g/mol. The standard InChI is InChI=1S/C15H18O/c1-2-14-10-6-7-11-15(14)16-12-13-8-4-3-5-9-13/h3-8,10-11,13H,2,9,12H2,1H3. The lowest BCUT2D eigenvalue weighted by Gasteiger charge is -2.16. The molecule has 16 heavy (non-hydrogen) atoms. The summed E-state index contributed by atoms with van der Waals surface area (Å²) in [6.07, 6.45) is 10.7. The predicted molar refractivity (Wildman–Crippen MR) is 67.7 cm³/mol.